The number of nitrogens with one attached hydrogen (secondary N) is 5. The first-order valence-electron chi connectivity index (χ1n) is 20.3. The summed E-state index contributed by atoms with van der Waals surface area (Å²) in [5.74, 6) is -8.82. The zero-order valence-corrected chi connectivity index (χ0v) is 35.1. The molecule has 1 aliphatic rings. The van der Waals surface area contributed by atoms with Crippen LogP contribution < -0.4 is 55.3 Å². The van der Waals surface area contributed by atoms with Crippen molar-refractivity contribution in [2.75, 3.05) is 19.6 Å². The molecular weight excluding hydrogens is 804 g/mol. The van der Waals surface area contributed by atoms with Gasteiger partial charge in [0, 0.05) is 25.9 Å². The van der Waals surface area contributed by atoms with Gasteiger partial charge in [0.2, 0.25) is 41.4 Å². The Morgan fingerprint density at radius 1 is 0.721 bits per heavy atom. The Bertz CT molecular complexity index is 1560. The molecule has 0 aromatic carbocycles. The number of amides is 7. The number of aliphatic carboxylic acids is 2. The van der Waals surface area contributed by atoms with Crippen LogP contribution >= 0.6 is 0 Å². The number of aliphatic hydroxyl groups excluding tert-OH is 1. The molecule has 24 heteroatoms. The van der Waals surface area contributed by atoms with Gasteiger partial charge in [0.25, 0.3) is 0 Å². The first kappa shape index (κ1) is 53.4. The molecule has 0 aromatic heterocycles. The van der Waals surface area contributed by atoms with Crippen molar-refractivity contribution in [1.29, 1.82) is 0 Å². The predicted octanol–water partition coefficient (Wildman–Crippen LogP) is -4.45. The van der Waals surface area contributed by atoms with Gasteiger partial charge in [-0.15, -0.1) is 0 Å². The molecule has 1 saturated heterocycles. The van der Waals surface area contributed by atoms with Crippen LogP contribution in [0.1, 0.15) is 97.8 Å². The minimum atomic E-state index is -1.69. The number of carboxylic acids is 2. The molecule has 1 rings (SSSR count). The number of likely N-dealkylation sites (tertiary alicyclic amines) is 1. The summed E-state index contributed by atoms with van der Waals surface area (Å²) in [6.07, 6.45) is -1.25. The average Bonchev–Trinajstić information content (AvgIpc) is 3.67. The lowest BCUT2D eigenvalue weighted by Gasteiger charge is -2.31. The zero-order chi connectivity index (χ0) is 46.4. The molecule has 346 valence electrons. The van der Waals surface area contributed by atoms with E-state index in [4.69, 9.17) is 28.7 Å². The summed E-state index contributed by atoms with van der Waals surface area (Å²) >= 11 is 0. The van der Waals surface area contributed by atoms with Gasteiger partial charge in [-0.2, -0.15) is 0 Å². The molecule has 0 bridgehead atoms. The number of aliphatic hydroxyl groups is 1. The number of carbonyl (C=O) groups is 9. The molecule has 0 saturated carbocycles. The third-order valence-corrected chi connectivity index (χ3v) is 9.68. The Morgan fingerprint density at radius 2 is 1.31 bits per heavy atom. The molecule has 24 nitrogen and oxygen atoms in total. The highest BCUT2D eigenvalue weighted by atomic mass is 16.4. The summed E-state index contributed by atoms with van der Waals surface area (Å²) < 4.78 is 0. The van der Waals surface area contributed by atoms with Crippen LogP contribution in [0.25, 0.3) is 0 Å². The maximum atomic E-state index is 13.8. The highest BCUT2D eigenvalue weighted by molar-refractivity contribution is 5.97. The van der Waals surface area contributed by atoms with Crippen LogP contribution in [0.15, 0.2) is 4.99 Å². The van der Waals surface area contributed by atoms with E-state index in [0.717, 1.165) is 4.90 Å². The summed E-state index contributed by atoms with van der Waals surface area (Å²) in [6.45, 7) is 5.14. The van der Waals surface area contributed by atoms with Crippen LogP contribution in [-0.2, 0) is 43.2 Å². The number of nitrogens with two attached hydrogens (primary N) is 5. The fourth-order valence-electron chi connectivity index (χ4n) is 6.42. The van der Waals surface area contributed by atoms with Crippen molar-refractivity contribution in [3.05, 3.63) is 0 Å². The molecule has 0 unspecified atom stereocenters. The Balaban J connectivity index is 3.31. The minimum absolute atomic E-state index is 0.0136. The number of rotatable bonds is 29. The van der Waals surface area contributed by atoms with E-state index in [1.54, 1.807) is 13.8 Å². The summed E-state index contributed by atoms with van der Waals surface area (Å²) in [5, 5.41) is 42.1. The molecule has 1 heterocycles. The number of nitrogens with zero attached hydrogens (tertiary/aromatic N) is 2. The van der Waals surface area contributed by atoms with Crippen molar-refractivity contribution < 1.29 is 58.5 Å². The van der Waals surface area contributed by atoms with Crippen LogP contribution in [0, 0.1) is 5.92 Å². The van der Waals surface area contributed by atoms with Gasteiger partial charge in [0.15, 0.2) is 5.96 Å². The van der Waals surface area contributed by atoms with E-state index in [2.05, 4.69) is 31.6 Å². The molecule has 0 aliphatic carbocycles. The first-order valence-corrected chi connectivity index (χ1v) is 20.3. The Labute approximate surface area is 354 Å². The van der Waals surface area contributed by atoms with E-state index in [1.165, 1.54) is 6.92 Å². The molecule has 0 aromatic rings. The number of primary amides is 1. The summed E-state index contributed by atoms with van der Waals surface area (Å²) in [4.78, 5) is 121. The van der Waals surface area contributed by atoms with Gasteiger partial charge in [0.05, 0.1) is 12.1 Å². The van der Waals surface area contributed by atoms with E-state index in [0.29, 0.717) is 25.8 Å². The molecule has 18 N–H and O–H groups in total. The molecular formula is C37H66N12O12. The smallest absolute Gasteiger partial charge is 0.326 e. The van der Waals surface area contributed by atoms with E-state index in [9.17, 15) is 58.5 Å². The second-order valence-corrected chi connectivity index (χ2v) is 15.4. The van der Waals surface area contributed by atoms with Gasteiger partial charge in [-0.05, 0) is 83.6 Å². The average molecular weight is 871 g/mol. The van der Waals surface area contributed by atoms with E-state index in [-0.39, 0.29) is 76.3 Å². The lowest BCUT2D eigenvalue weighted by Crippen LogP contribution is -2.61. The van der Waals surface area contributed by atoms with Crippen molar-refractivity contribution in [3.8, 4) is 0 Å². The number of aliphatic imine (C=N–C) groups is 1. The van der Waals surface area contributed by atoms with E-state index in [1.807, 2.05) is 0 Å². The van der Waals surface area contributed by atoms with Gasteiger partial charge < -0.3 is 75.5 Å². The summed E-state index contributed by atoms with van der Waals surface area (Å²) in [7, 11) is 0. The lowest BCUT2D eigenvalue weighted by atomic mass is 10.0. The fraction of sp³-hybridized carbons (Fsp3) is 0.730. The largest absolute Gasteiger partial charge is 0.481 e. The second-order valence-electron chi connectivity index (χ2n) is 15.4. The van der Waals surface area contributed by atoms with E-state index >= 15 is 0 Å². The molecule has 61 heavy (non-hydrogen) atoms. The zero-order valence-electron chi connectivity index (χ0n) is 35.1. The third-order valence-electron chi connectivity index (χ3n) is 9.68. The van der Waals surface area contributed by atoms with Gasteiger partial charge in [-0.1, -0.05) is 13.8 Å². The van der Waals surface area contributed by atoms with Crippen LogP contribution in [0.4, 0.5) is 0 Å². The third kappa shape index (κ3) is 20.0. The Hall–Kier alpha value is -5.62. The van der Waals surface area contributed by atoms with Crippen molar-refractivity contribution in [2.24, 2.45) is 39.6 Å². The van der Waals surface area contributed by atoms with Crippen LogP contribution in [0.2, 0.25) is 0 Å². The normalized spacial score (nSPS) is 17.0. The number of hydrogen-bond acceptors (Lipinski definition) is 13. The summed E-state index contributed by atoms with van der Waals surface area (Å²) in [5.41, 5.74) is 27.3. The topological polar surface area (TPSA) is 420 Å². The maximum Gasteiger partial charge on any atom is 0.326 e. The quantitative estimate of drug-likeness (QED) is 0.0192. The molecule has 1 aliphatic heterocycles. The SMILES string of the molecule is CC(C)C[C@H](NC(=O)[C@H](CCCN=C(N)N)NC(=O)[C@@H](NC(=O)[C@@H]1CCCN1C(=O)[C@H](CCC(=O)O)NC(=O)[C@@H](N)CCC(N)=O)[C@@H](C)O)C(=O)N[C@@H](CCCCN)C(=O)O. The highest BCUT2D eigenvalue weighted by Gasteiger charge is 2.40. The van der Waals surface area contributed by atoms with E-state index < -0.39 is 108 Å². The van der Waals surface area contributed by atoms with Gasteiger partial charge in [-0.25, -0.2) is 4.79 Å². The number of carboxylic acid groups (broad SMARTS) is 2. The molecule has 1 fully saturated rings. The molecule has 8 atom stereocenters. The summed E-state index contributed by atoms with van der Waals surface area (Å²) in [6, 6.07) is -9.48. The van der Waals surface area contributed by atoms with Gasteiger partial charge >= 0.3 is 11.9 Å². The van der Waals surface area contributed by atoms with Gasteiger partial charge in [-0.3, -0.25) is 43.3 Å². The van der Waals surface area contributed by atoms with Crippen molar-refractivity contribution in [1.82, 2.24) is 31.5 Å². The number of unbranched alkanes of at least 4 members (excludes halogenated alkanes) is 1. The highest BCUT2D eigenvalue weighted by Crippen LogP contribution is 2.21. The molecule has 0 spiro atoms. The number of hydrogen-bond donors (Lipinski definition) is 13. The first-order chi connectivity index (χ1) is 28.6. The maximum absolute atomic E-state index is 13.8. The van der Waals surface area contributed by atoms with Crippen molar-refractivity contribution in [3.63, 3.8) is 0 Å². The van der Waals surface area contributed by atoms with Crippen LogP contribution in [0.3, 0.4) is 0 Å². The second kappa shape index (κ2) is 27.3. The monoisotopic (exact) mass is 870 g/mol. The number of carbonyl (C=O) groups excluding carboxylic acids is 7. The number of guanidine groups is 1. The lowest BCUT2D eigenvalue weighted by molar-refractivity contribution is -0.144. The Morgan fingerprint density at radius 3 is 1.87 bits per heavy atom. The molecule has 7 amide bonds. The van der Waals surface area contributed by atoms with Crippen molar-refractivity contribution >= 4 is 59.2 Å². The minimum Gasteiger partial charge on any atom is -0.481 e. The van der Waals surface area contributed by atoms with Gasteiger partial charge in [0.1, 0.15) is 36.3 Å². The Kier molecular flexibility index (Phi) is 23.9. The predicted molar refractivity (Wildman–Crippen MR) is 219 cm³/mol. The van der Waals surface area contributed by atoms with Crippen LogP contribution in [0.5, 0.6) is 0 Å². The van der Waals surface area contributed by atoms with Crippen LogP contribution in [-0.4, -0.2) is 147 Å². The van der Waals surface area contributed by atoms with Crippen molar-refractivity contribution in [2.45, 2.75) is 146 Å². The fourth-order valence-corrected chi connectivity index (χ4v) is 6.42. The molecule has 0 radical (unpaired) electrons. The standard InChI is InChI=1S/C37H66N12O12/c1-19(2)18-25(32(56)46-24(36(60)61)8-4-5-15-38)47-31(55)22(9-6-16-43-37(41)42)44-34(58)29(20(3)50)48-33(57)26-10-7-17-49(26)35(59)23(12-14-28(52)53)45-30(54)21(39)11-13-27(40)51/h19-26,29,50H,4-18,38-39H2,1-3H3,(H2,40,51)(H,44,58)(H,45,54)(H,46,56)(H,47,55)(H,48,57)(H,52,53)(H,60,61)(H4,41,42,43)/t20-,21+,22+,23+,24+,25+,26+,29+/m1/s1.